The van der Waals surface area contributed by atoms with E-state index in [1.807, 2.05) is 13.8 Å². The fourth-order valence-electron chi connectivity index (χ4n) is 5.64. The van der Waals surface area contributed by atoms with Gasteiger partial charge in [0.15, 0.2) is 6.29 Å². The highest BCUT2D eigenvalue weighted by Gasteiger charge is 2.58. The van der Waals surface area contributed by atoms with Crippen LogP contribution in [-0.2, 0) is 9.47 Å². The van der Waals surface area contributed by atoms with Gasteiger partial charge in [0.2, 0.25) is 0 Å². The molecule has 0 radical (unpaired) electrons. The van der Waals surface area contributed by atoms with Gasteiger partial charge in [0.25, 0.3) is 0 Å². The Balaban J connectivity index is 1.50. The molecule has 0 spiro atoms. The molecule has 1 saturated carbocycles. The van der Waals surface area contributed by atoms with Crippen LogP contribution < -0.4 is 0 Å². The van der Waals surface area contributed by atoms with Gasteiger partial charge in [0.1, 0.15) is 36.3 Å². The van der Waals surface area contributed by atoms with E-state index in [9.17, 15) is 30.6 Å². The molecule has 9 heteroatoms. The molecule has 1 aromatic heterocycles. The van der Waals surface area contributed by atoms with Crippen LogP contribution >= 0.6 is 0 Å². The van der Waals surface area contributed by atoms with Crippen molar-refractivity contribution in [3.05, 3.63) is 23.2 Å². The molecule has 2 fully saturated rings. The largest absolute Gasteiger partial charge is 0.466 e. The van der Waals surface area contributed by atoms with Gasteiger partial charge in [-0.25, -0.2) is 0 Å². The fourth-order valence-corrected chi connectivity index (χ4v) is 5.64. The van der Waals surface area contributed by atoms with E-state index in [4.69, 9.17) is 13.9 Å². The second kappa shape index (κ2) is 8.14. The predicted molar refractivity (Wildman–Crippen MR) is 102 cm³/mol. The van der Waals surface area contributed by atoms with Crippen molar-refractivity contribution in [1.29, 1.82) is 0 Å². The maximum atomic E-state index is 11.2. The van der Waals surface area contributed by atoms with E-state index in [1.54, 1.807) is 6.26 Å². The summed E-state index contributed by atoms with van der Waals surface area (Å²) in [6, 6.07) is 0. The van der Waals surface area contributed by atoms with Crippen molar-refractivity contribution in [2.45, 2.75) is 75.3 Å². The molecule has 2 heterocycles. The first-order chi connectivity index (χ1) is 14.2. The van der Waals surface area contributed by atoms with Crippen molar-refractivity contribution >= 4 is 0 Å². The number of aliphatic hydroxyl groups excluding tert-OH is 6. The molecule has 2 aliphatic carbocycles. The Labute approximate surface area is 174 Å². The van der Waals surface area contributed by atoms with Crippen LogP contribution in [0, 0.1) is 11.3 Å². The fraction of sp³-hybridized carbons (Fsp3) is 0.810. The molecule has 1 saturated heterocycles. The average Bonchev–Trinajstić information content (AvgIpc) is 3.29. The highest BCUT2D eigenvalue weighted by Crippen LogP contribution is 2.64. The molecule has 0 amide bonds. The summed E-state index contributed by atoms with van der Waals surface area (Å²) in [7, 11) is 0. The monoisotopic (exact) mass is 428 g/mol. The number of ether oxygens (including phenoxy) is 2. The zero-order valence-electron chi connectivity index (χ0n) is 17.2. The maximum Gasteiger partial charge on any atom is 0.186 e. The number of rotatable bonds is 6. The van der Waals surface area contributed by atoms with Crippen molar-refractivity contribution in [1.82, 2.24) is 0 Å². The number of hydrogen-bond donors (Lipinski definition) is 6. The summed E-state index contributed by atoms with van der Waals surface area (Å²) in [5, 5.41) is 60.3. The topological polar surface area (TPSA) is 153 Å². The van der Waals surface area contributed by atoms with E-state index in [0.29, 0.717) is 5.76 Å². The lowest BCUT2D eigenvalue weighted by Crippen LogP contribution is -2.59. The molecule has 170 valence electrons. The van der Waals surface area contributed by atoms with Crippen LogP contribution in [0.15, 0.2) is 10.7 Å². The smallest absolute Gasteiger partial charge is 0.186 e. The molecule has 9 nitrogen and oxygen atoms in total. The molecular formula is C21H32O9. The average molecular weight is 428 g/mol. The number of furan rings is 1. The van der Waals surface area contributed by atoms with E-state index < -0.39 is 48.8 Å². The predicted octanol–water partition coefficient (Wildman–Crippen LogP) is -0.261. The SMILES string of the molecule is CC(CO)c1c2coc1[C@@H](O)[C@]1(C)C2CC[C@H]1COC1OC(CO)C(O)C(O)C1O. The van der Waals surface area contributed by atoms with E-state index in [-0.39, 0.29) is 31.0 Å². The molecular weight excluding hydrogens is 396 g/mol. The van der Waals surface area contributed by atoms with Gasteiger partial charge in [-0.2, -0.15) is 0 Å². The van der Waals surface area contributed by atoms with Crippen LogP contribution in [0.3, 0.4) is 0 Å². The lowest BCUT2D eigenvalue weighted by atomic mass is 9.62. The van der Waals surface area contributed by atoms with Crippen LogP contribution in [0.25, 0.3) is 0 Å². The van der Waals surface area contributed by atoms with E-state index in [0.717, 1.165) is 24.0 Å². The third-order valence-corrected chi connectivity index (χ3v) is 7.61. The first-order valence-corrected chi connectivity index (χ1v) is 10.6. The Bertz CT molecular complexity index is 749. The van der Waals surface area contributed by atoms with Gasteiger partial charge in [0.05, 0.1) is 19.5 Å². The highest BCUT2D eigenvalue weighted by molar-refractivity contribution is 5.43. The van der Waals surface area contributed by atoms with Gasteiger partial charge in [-0.15, -0.1) is 0 Å². The second-order valence-electron chi connectivity index (χ2n) is 9.18. The molecule has 10 atom stereocenters. The Hall–Kier alpha value is -1.04. The molecule has 1 aromatic rings. The van der Waals surface area contributed by atoms with Crippen molar-refractivity contribution < 1.29 is 44.5 Å². The van der Waals surface area contributed by atoms with Crippen LogP contribution in [0.5, 0.6) is 0 Å². The van der Waals surface area contributed by atoms with E-state index in [1.165, 1.54) is 0 Å². The Kier molecular flexibility index (Phi) is 6.02. The summed E-state index contributed by atoms with van der Waals surface area (Å²) >= 11 is 0. The van der Waals surface area contributed by atoms with Gasteiger partial charge in [-0.3, -0.25) is 0 Å². The van der Waals surface area contributed by atoms with Crippen molar-refractivity contribution in [2.75, 3.05) is 19.8 Å². The summed E-state index contributed by atoms with van der Waals surface area (Å²) in [5.41, 5.74) is 1.36. The van der Waals surface area contributed by atoms with Crippen molar-refractivity contribution in [3.8, 4) is 0 Å². The molecule has 4 rings (SSSR count). The minimum Gasteiger partial charge on any atom is -0.466 e. The molecule has 3 aliphatic rings. The summed E-state index contributed by atoms with van der Waals surface area (Å²) in [6.07, 6.45) is -4.17. The van der Waals surface area contributed by atoms with Gasteiger partial charge in [-0.05, 0) is 30.2 Å². The molecule has 7 unspecified atom stereocenters. The number of hydrogen-bond acceptors (Lipinski definition) is 9. The quantitative estimate of drug-likeness (QED) is 0.360. The second-order valence-corrected chi connectivity index (χ2v) is 9.18. The van der Waals surface area contributed by atoms with Crippen molar-refractivity contribution in [2.24, 2.45) is 11.3 Å². The molecule has 6 N–H and O–H groups in total. The molecule has 1 aliphatic heterocycles. The lowest BCUT2D eigenvalue weighted by Gasteiger charge is -2.44. The lowest BCUT2D eigenvalue weighted by molar-refractivity contribution is -0.305. The molecule has 0 aromatic carbocycles. The molecule has 2 bridgehead atoms. The normalized spacial score (nSPS) is 44.1. The minimum atomic E-state index is -1.49. The first kappa shape index (κ1) is 22.2. The summed E-state index contributed by atoms with van der Waals surface area (Å²) in [6.45, 7) is 3.52. The van der Waals surface area contributed by atoms with Gasteiger partial charge >= 0.3 is 0 Å². The van der Waals surface area contributed by atoms with Crippen LogP contribution in [0.4, 0.5) is 0 Å². The van der Waals surface area contributed by atoms with Crippen LogP contribution in [0.2, 0.25) is 0 Å². The molecule has 30 heavy (non-hydrogen) atoms. The summed E-state index contributed by atoms with van der Waals surface area (Å²) in [4.78, 5) is 0. The van der Waals surface area contributed by atoms with Crippen molar-refractivity contribution in [3.63, 3.8) is 0 Å². The Morgan fingerprint density at radius 2 is 1.87 bits per heavy atom. The third kappa shape index (κ3) is 3.15. The van der Waals surface area contributed by atoms with Gasteiger partial charge < -0.3 is 44.5 Å². The van der Waals surface area contributed by atoms with Gasteiger partial charge in [-0.1, -0.05) is 13.8 Å². The number of fused-ring (bicyclic) bond motifs is 4. The number of aliphatic hydroxyl groups is 6. The highest BCUT2D eigenvalue weighted by atomic mass is 16.7. The maximum absolute atomic E-state index is 11.2. The summed E-state index contributed by atoms with van der Waals surface area (Å²) < 4.78 is 16.9. The van der Waals surface area contributed by atoms with Crippen LogP contribution in [-0.4, -0.2) is 81.2 Å². The van der Waals surface area contributed by atoms with Crippen LogP contribution in [0.1, 0.15) is 61.5 Å². The zero-order chi connectivity index (χ0) is 21.8. The standard InChI is InChI=1S/C21H32O9/c1-9(5-22)14-11-8-28-18(14)19(27)21(2)10(3-4-12(11)21)7-29-20-17(26)16(25)15(24)13(6-23)30-20/h8-10,12-13,15-17,19-20,22-27H,3-7H2,1-2H3/t9?,10-,12?,13?,15?,16?,17?,19+,20?,21-/m0/s1. The Morgan fingerprint density at radius 3 is 2.53 bits per heavy atom. The van der Waals surface area contributed by atoms with E-state index in [2.05, 4.69) is 0 Å². The Morgan fingerprint density at radius 1 is 1.13 bits per heavy atom. The third-order valence-electron chi connectivity index (χ3n) is 7.61. The first-order valence-electron chi connectivity index (χ1n) is 10.6. The van der Waals surface area contributed by atoms with Gasteiger partial charge in [0, 0.05) is 23.5 Å². The minimum absolute atomic E-state index is 0.0284. The zero-order valence-corrected chi connectivity index (χ0v) is 17.2. The summed E-state index contributed by atoms with van der Waals surface area (Å²) in [5.74, 6) is 0.338. The van der Waals surface area contributed by atoms with E-state index >= 15 is 0 Å².